The third kappa shape index (κ3) is 8.58. The van der Waals surface area contributed by atoms with Gasteiger partial charge in [0.05, 0.1) is 25.1 Å². The van der Waals surface area contributed by atoms with Crippen LogP contribution < -0.4 is 11.1 Å². The smallest absolute Gasteiger partial charge is 0.450 e. The lowest BCUT2D eigenvalue weighted by Crippen LogP contribution is -2.50. The van der Waals surface area contributed by atoms with E-state index in [0.717, 1.165) is 16.7 Å². The fourth-order valence-electron chi connectivity index (χ4n) is 2.97. The van der Waals surface area contributed by atoms with E-state index in [0.29, 0.717) is 11.3 Å². The largest absolute Gasteiger partial charge is 0.467 e. The van der Waals surface area contributed by atoms with Crippen molar-refractivity contribution in [1.29, 1.82) is 0 Å². The Hall–Kier alpha value is -3.28. The first-order valence-corrected chi connectivity index (χ1v) is 11.4. The maximum atomic E-state index is 12.9. The highest BCUT2D eigenvalue weighted by molar-refractivity contribution is 7.99. The fraction of sp³-hybridized carbons (Fsp3) is 0.364. The Morgan fingerprint density at radius 1 is 1.09 bits per heavy atom. The number of carbonyl (C=O) groups is 4. The zero-order valence-electron chi connectivity index (χ0n) is 18.0. The van der Waals surface area contributed by atoms with Gasteiger partial charge in [-0.2, -0.15) is 24.9 Å². The summed E-state index contributed by atoms with van der Waals surface area (Å²) >= 11 is 0.779. The molecule has 2 rings (SSSR count). The molecule has 34 heavy (non-hydrogen) atoms. The Bertz CT molecular complexity index is 968. The second-order valence-corrected chi connectivity index (χ2v) is 8.29. The molecule has 2 aromatic rings. The van der Waals surface area contributed by atoms with E-state index in [1.807, 2.05) is 0 Å². The third-order valence-corrected chi connectivity index (χ3v) is 5.73. The number of halogens is 3. The number of primary amides is 1. The molecule has 0 unspecified atom stereocenters. The van der Waals surface area contributed by atoms with E-state index in [4.69, 9.17) is 10.2 Å². The molecule has 0 spiro atoms. The summed E-state index contributed by atoms with van der Waals surface area (Å²) in [5.74, 6) is -3.93. The van der Waals surface area contributed by atoms with Crippen LogP contribution in [0.3, 0.4) is 0 Å². The minimum atomic E-state index is -4.89. The number of ketones is 1. The molecule has 0 saturated heterocycles. The van der Waals surface area contributed by atoms with Gasteiger partial charge in [0.1, 0.15) is 11.8 Å². The number of hydrogen-bond acceptors (Lipinski definition) is 6. The van der Waals surface area contributed by atoms with Gasteiger partial charge in [0.2, 0.25) is 17.6 Å². The Morgan fingerprint density at radius 2 is 1.79 bits per heavy atom. The maximum Gasteiger partial charge on any atom is 0.450 e. The number of nitrogens with two attached hydrogens (primary N) is 1. The van der Waals surface area contributed by atoms with Crippen molar-refractivity contribution in [1.82, 2.24) is 10.2 Å². The molecule has 0 aliphatic heterocycles. The summed E-state index contributed by atoms with van der Waals surface area (Å²) in [7, 11) is 0. The lowest BCUT2D eigenvalue weighted by atomic mass is 10.1. The predicted molar refractivity (Wildman–Crippen MR) is 119 cm³/mol. The molecule has 1 aromatic heterocycles. The summed E-state index contributed by atoms with van der Waals surface area (Å²) in [6.07, 6.45) is -3.22. The molecule has 3 N–H and O–H groups in total. The van der Waals surface area contributed by atoms with E-state index in [1.165, 1.54) is 6.26 Å². The molecule has 0 fully saturated rings. The van der Waals surface area contributed by atoms with Crippen LogP contribution in [0.15, 0.2) is 53.1 Å². The Kier molecular flexibility index (Phi) is 10.2. The van der Waals surface area contributed by atoms with Gasteiger partial charge in [-0.15, -0.1) is 0 Å². The summed E-state index contributed by atoms with van der Waals surface area (Å²) in [6, 6.07) is 10.3. The molecule has 0 radical (unpaired) electrons. The van der Waals surface area contributed by atoms with Crippen molar-refractivity contribution < 1.29 is 36.8 Å². The number of furan rings is 1. The normalized spacial score (nSPS) is 12.1. The molecule has 0 bridgehead atoms. The van der Waals surface area contributed by atoms with Crippen LogP contribution in [0.4, 0.5) is 13.2 Å². The monoisotopic (exact) mass is 499 g/mol. The van der Waals surface area contributed by atoms with E-state index >= 15 is 0 Å². The average Bonchev–Trinajstić information content (AvgIpc) is 3.31. The number of nitrogens with zero attached hydrogens (tertiary/aromatic N) is 1. The first kappa shape index (κ1) is 27.0. The van der Waals surface area contributed by atoms with Gasteiger partial charge in [0.15, 0.2) is 0 Å². The minimum absolute atomic E-state index is 0.0572. The first-order valence-electron chi connectivity index (χ1n) is 10.2. The molecular weight excluding hydrogens is 475 g/mol. The Balaban J connectivity index is 2.00. The van der Waals surface area contributed by atoms with Gasteiger partial charge >= 0.3 is 6.18 Å². The lowest BCUT2D eigenvalue weighted by molar-refractivity contribution is -0.167. The van der Waals surface area contributed by atoms with Crippen molar-refractivity contribution in [3.8, 4) is 0 Å². The highest BCUT2D eigenvalue weighted by Crippen LogP contribution is 2.20. The Labute approximate surface area is 198 Å². The van der Waals surface area contributed by atoms with Crippen molar-refractivity contribution in [2.75, 3.05) is 18.1 Å². The number of benzene rings is 1. The van der Waals surface area contributed by atoms with Crippen molar-refractivity contribution in [3.05, 3.63) is 60.1 Å². The number of carbonyl (C=O) groups excluding carboxylic acids is 4. The van der Waals surface area contributed by atoms with E-state index in [2.05, 4.69) is 5.32 Å². The van der Waals surface area contributed by atoms with Crippen LogP contribution in [0.5, 0.6) is 0 Å². The second-order valence-electron chi connectivity index (χ2n) is 7.18. The topological polar surface area (TPSA) is 123 Å². The molecule has 184 valence electrons. The minimum Gasteiger partial charge on any atom is -0.467 e. The number of amides is 3. The summed E-state index contributed by atoms with van der Waals surface area (Å²) in [5.41, 5.74) is 5.86. The van der Waals surface area contributed by atoms with Gasteiger partial charge in [-0.25, -0.2) is 0 Å². The molecule has 0 saturated carbocycles. The second kappa shape index (κ2) is 12.8. The van der Waals surface area contributed by atoms with Gasteiger partial charge in [-0.1, -0.05) is 18.2 Å². The van der Waals surface area contributed by atoms with Crippen molar-refractivity contribution in [2.24, 2.45) is 5.73 Å². The van der Waals surface area contributed by atoms with Crippen LogP contribution in [0.2, 0.25) is 0 Å². The average molecular weight is 500 g/mol. The van der Waals surface area contributed by atoms with Crippen molar-refractivity contribution >= 4 is 35.3 Å². The Morgan fingerprint density at radius 3 is 2.38 bits per heavy atom. The fourth-order valence-corrected chi connectivity index (χ4v) is 3.83. The molecular formula is C22H24F3N3O5S. The van der Waals surface area contributed by atoms with Gasteiger partial charge in [-0.05, 0) is 42.9 Å². The molecule has 0 aliphatic carbocycles. The lowest BCUT2D eigenvalue weighted by Gasteiger charge is -2.29. The van der Waals surface area contributed by atoms with Crippen LogP contribution >= 0.6 is 11.8 Å². The number of thioether (sulfide) groups is 1. The number of nitrogens with one attached hydrogen (secondary N) is 1. The van der Waals surface area contributed by atoms with Gasteiger partial charge < -0.3 is 20.4 Å². The highest BCUT2D eigenvalue weighted by atomic mass is 32.2. The zero-order chi connectivity index (χ0) is 25.1. The molecule has 3 amide bonds. The van der Waals surface area contributed by atoms with Crippen LogP contribution in [0.25, 0.3) is 0 Å². The molecule has 1 atom stereocenters. The summed E-state index contributed by atoms with van der Waals surface area (Å²) in [4.78, 5) is 49.4. The van der Waals surface area contributed by atoms with E-state index in [9.17, 15) is 32.3 Å². The number of rotatable bonds is 13. The van der Waals surface area contributed by atoms with Crippen LogP contribution in [0, 0.1) is 0 Å². The molecule has 1 aromatic carbocycles. The molecule has 1 heterocycles. The van der Waals surface area contributed by atoms with Crippen molar-refractivity contribution in [3.63, 3.8) is 0 Å². The van der Waals surface area contributed by atoms with Gasteiger partial charge in [-0.3, -0.25) is 19.2 Å². The van der Waals surface area contributed by atoms with Crippen LogP contribution in [-0.2, 0) is 20.9 Å². The van der Waals surface area contributed by atoms with Crippen LogP contribution in [-0.4, -0.2) is 58.7 Å². The summed E-state index contributed by atoms with van der Waals surface area (Å²) in [5, 5.41) is 2.49. The predicted octanol–water partition coefficient (Wildman–Crippen LogP) is 2.54. The molecule has 8 nitrogen and oxygen atoms in total. The molecule has 0 aliphatic rings. The maximum absolute atomic E-state index is 12.9. The third-order valence-electron chi connectivity index (χ3n) is 4.68. The number of hydrogen-bond donors (Lipinski definition) is 2. The van der Waals surface area contributed by atoms with E-state index in [-0.39, 0.29) is 25.1 Å². The zero-order valence-corrected chi connectivity index (χ0v) is 18.9. The summed E-state index contributed by atoms with van der Waals surface area (Å²) in [6.45, 7) is -0.507. The first-order chi connectivity index (χ1) is 16.1. The molecule has 12 heteroatoms. The quantitative estimate of drug-likeness (QED) is 0.409. The standard InChI is InChI=1S/C22H24F3N3O5S/c23-22(24,25)18(29)14-34-11-5-9-17(20(26)31)28(13-16-8-4-10-33-16)19(30)12-27-21(32)15-6-2-1-3-7-15/h1-4,6-8,10,17H,5,9,11-14H2,(H2,26,31)(H,27,32)/t17-/m0/s1. The van der Waals surface area contributed by atoms with E-state index in [1.54, 1.807) is 42.5 Å². The van der Waals surface area contributed by atoms with Gasteiger partial charge in [0, 0.05) is 5.56 Å². The number of Topliss-reactive ketones (excluding diaryl/α,β-unsaturated/α-hetero) is 1. The SMILES string of the molecule is NC(=O)[C@H](CCCSCC(=O)C(F)(F)F)N(Cc1ccco1)C(=O)CNC(=O)c1ccccc1. The summed E-state index contributed by atoms with van der Waals surface area (Å²) < 4.78 is 42.2. The van der Waals surface area contributed by atoms with Gasteiger partial charge in [0.25, 0.3) is 5.91 Å². The highest BCUT2D eigenvalue weighted by Gasteiger charge is 2.37. The van der Waals surface area contributed by atoms with Crippen molar-refractivity contribution in [2.45, 2.75) is 31.6 Å². The van der Waals surface area contributed by atoms with Crippen LogP contribution in [0.1, 0.15) is 29.0 Å². The van der Waals surface area contributed by atoms with E-state index < -0.39 is 48.0 Å². The number of alkyl halides is 3.